The first-order chi connectivity index (χ1) is 18.8. The Bertz CT molecular complexity index is 1580. The molecule has 204 valence electrons. The van der Waals surface area contributed by atoms with Crippen LogP contribution >= 0.6 is 11.3 Å². The number of pyridine rings is 1. The van der Waals surface area contributed by atoms with Crippen molar-refractivity contribution in [3.63, 3.8) is 0 Å². The van der Waals surface area contributed by atoms with Gasteiger partial charge in [-0.25, -0.2) is 9.97 Å². The van der Waals surface area contributed by atoms with Gasteiger partial charge in [0.2, 0.25) is 5.91 Å². The van der Waals surface area contributed by atoms with Crippen molar-refractivity contribution in [3.05, 3.63) is 44.4 Å². The molecule has 2 aliphatic heterocycles. The largest absolute Gasteiger partial charge is 0.339 e. The van der Waals surface area contributed by atoms with Crippen LogP contribution in [-0.2, 0) is 23.3 Å². The molecule has 0 aromatic carbocycles. The van der Waals surface area contributed by atoms with Crippen molar-refractivity contribution in [2.75, 3.05) is 32.5 Å². The lowest BCUT2D eigenvalue weighted by Crippen LogP contribution is -2.60. The third kappa shape index (κ3) is 3.73. The van der Waals surface area contributed by atoms with E-state index in [9.17, 15) is 14.4 Å². The van der Waals surface area contributed by atoms with Gasteiger partial charge in [-0.3, -0.25) is 19.0 Å². The van der Waals surface area contributed by atoms with Crippen molar-refractivity contribution in [3.8, 4) is 0 Å². The molecular formula is C28H33N7O3S. The predicted octanol–water partition coefficient (Wildman–Crippen LogP) is 2.75. The maximum absolute atomic E-state index is 13.8. The molecule has 2 amide bonds. The molecule has 11 heteroatoms. The first-order valence-corrected chi connectivity index (χ1v) is 14.6. The van der Waals surface area contributed by atoms with E-state index in [1.807, 2.05) is 11.8 Å². The highest BCUT2D eigenvalue weighted by Crippen LogP contribution is 2.42. The normalized spacial score (nSPS) is 21.8. The molecule has 5 heterocycles. The molecule has 2 N–H and O–H groups in total. The number of likely N-dealkylation sites (N-methyl/N-ethyl adjacent to an activating group) is 1. The van der Waals surface area contributed by atoms with E-state index >= 15 is 0 Å². The SMILES string of the molecule is Cc1cc(Nc2ncnc3sc4c(c23)CC[C@H](C(=O)N2CC(N(C)C)C2)C4)c(=O)n2c1C(=O)NC21CCCC1. The minimum atomic E-state index is -0.626. The minimum absolute atomic E-state index is 0.00492. The molecular weight excluding hydrogens is 514 g/mol. The van der Waals surface area contributed by atoms with Crippen LogP contribution in [0.4, 0.5) is 11.5 Å². The van der Waals surface area contributed by atoms with Gasteiger partial charge in [-0.2, -0.15) is 0 Å². The van der Waals surface area contributed by atoms with Crippen LogP contribution in [0.15, 0.2) is 17.2 Å². The fourth-order valence-corrected chi connectivity index (χ4v) is 8.19. The monoisotopic (exact) mass is 547 g/mol. The van der Waals surface area contributed by atoms with Crippen LogP contribution < -0.4 is 16.2 Å². The van der Waals surface area contributed by atoms with Gasteiger partial charge in [-0.15, -0.1) is 11.3 Å². The van der Waals surface area contributed by atoms with Crippen molar-refractivity contribution >= 4 is 44.9 Å². The maximum atomic E-state index is 13.8. The van der Waals surface area contributed by atoms with Gasteiger partial charge in [0.15, 0.2) is 0 Å². The molecule has 0 unspecified atom stereocenters. The summed E-state index contributed by atoms with van der Waals surface area (Å²) in [7, 11) is 4.12. The Kier molecular flexibility index (Phi) is 5.61. The molecule has 2 fully saturated rings. The molecule has 3 aromatic rings. The number of rotatable bonds is 4. The van der Waals surface area contributed by atoms with Crippen molar-refractivity contribution < 1.29 is 9.59 Å². The van der Waals surface area contributed by atoms with Gasteiger partial charge < -0.3 is 20.4 Å². The Hall–Kier alpha value is -3.31. The van der Waals surface area contributed by atoms with Crippen LogP contribution in [0.2, 0.25) is 0 Å². The third-order valence-electron chi connectivity index (χ3n) is 9.16. The number of hydrogen-bond donors (Lipinski definition) is 2. The standard InChI is InChI=1S/C28H33N7O3S/c1-15-10-19(27(38)35-22(15)24(36)32-28(35)8-4-5-9-28)31-23-21-18-7-6-16(11-20(18)39-25(21)30-14-29-23)26(37)34-12-17(13-34)33(2)3/h10,14,16-17H,4-9,11-13H2,1-3H3,(H,32,36)(H,29,30,31)/t16-/m0/s1. The number of aromatic nitrogens is 3. The molecule has 4 aliphatic rings. The number of fused-ring (bicyclic) bond motifs is 5. The summed E-state index contributed by atoms with van der Waals surface area (Å²) < 4.78 is 1.69. The highest BCUT2D eigenvalue weighted by Gasteiger charge is 2.46. The summed E-state index contributed by atoms with van der Waals surface area (Å²) in [6, 6.07) is 2.21. The summed E-state index contributed by atoms with van der Waals surface area (Å²) >= 11 is 1.62. The van der Waals surface area contributed by atoms with Crippen molar-refractivity contribution in [2.45, 2.75) is 63.6 Å². The second-order valence-electron chi connectivity index (χ2n) is 11.8. The molecule has 1 saturated carbocycles. The molecule has 0 radical (unpaired) electrons. The highest BCUT2D eigenvalue weighted by atomic mass is 32.1. The van der Waals surface area contributed by atoms with Gasteiger partial charge in [-0.05, 0) is 83.2 Å². The molecule has 10 nitrogen and oxygen atoms in total. The summed E-state index contributed by atoms with van der Waals surface area (Å²) in [6.07, 6.45) is 7.30. The summed E-state index contributed by atoms with van der Waals surface area (Å²) in [5.41, 5.74) is 1.99. The molecule has 3 aromatic heterocycles. The number of nitrogens with one attached hydrogen (secondary N) is 2. The summed E-state index contributed by atoms with van der Waals surface area (Å²) in [5, 5.41) is 7.38. The number of nitrogens with zero attached hydrogens (tertiary/aromatic N) is 5. The fraction of sp³-hybridized carbons (Fsp3) is 0.536. The average Bonchev–Trinajstić information content (AvgIpc) is 3.56. The van der Waals surface area contributed by atoms with Crippen LogP contribution in [0.5, 0.6) is 0 Å². The molecule has 1 atom stereocenters. The second-order valence-corrected chi connectivity index (χ2v) is 12.8. The lowest BCUT2D eigenvalue weighted by atomic mass is 9.86. The molecule has 7 rings (SSSR count). The fourth-order valence-electron chi connectivity index (χ4n) is 6.92. The van der Waals surface area contributed by atoms with Crippen LogP contribution in [0, 0.1) is 12.8 Å². The lowest BCUT2D eigenvalue weighted by Gasteiger charge is -2.44. The van der Waals surface area contributed by atoms with E-state index in [0.29, 0.717) is 29.7 Å². The average molecular weight is 548 g/mol. The number of carbonyl (C=O) groups is 2. The molecule has 39 heavy (non-hydrogen) atoms. The van der Waals surface area contributed by atoms with Gasteiger partial charge in [0.05, 0.1) is 5.39 Å². The summed E-state index contributed by atoms with van der Waals surface area (Å²) in [4.78, 5) is 55.1. The van der Waals surface area contributed by atoms with Crippen LogP contribution in [-0.4, -0.2) is 69.4 Å². The highest BCUT2D eigenvalue weighted by molar-refractivity contribution is 7.19. The maximum Gasteiger partial charge on any atom is 0.276 e. The topological polar surface area (TPSA) is 112 Å². The van der Waals surface area contributed by atoms with E-state index in [1.54, 1.807) is 22.0 Å². The van der Waals surface area contributed by atoms with Gasteiger partial charge in [0, 0.05) is 29.9 Å². The molecule has 1 spiro atoms. The Morgan fingerprint density at radius 1 is 1.21 bits per heavy atom. The van der Waals surface area contributed by atoms with Crippen molar-refractivity contribution in [1.29, 1.82) is 0 Å². The number of likely N-dealkylation sites (tertiary alicyclic amines) is 1. The van der Waals surface area contributed by atoms with Crippen molar-refractivity contribution in [1.82, 2.24) is 29.7 Å². The first-order valence-electron chi connectivity index (χ1n) is 13.8. The van der Waals surface area contributed by atoms with E-state index in [4.69, 9.17) is 0 Å². The van der Waals surface area contributed by atoms with E-state index in [2.05, 4.69) is 39.6 Å². The number of anilines is 2. The number of carbonyl (C=O) groups excluding carboxylic acids is 2. The van der Waals surface area contributed by atoms with E-state index in [0.717, 1.165) is 67.4 Å². The predicted molar refractivity (Wildman–Crippen MR) is 150 cm³/mol. The number of hydrogen-bond acceptors (Lipinski definition) is 8. The van der Waals surface area contributed by atoms with Crippen LogP contribution in [0.3, 0.4) is 0 Å². The zero-order chi connectivity index (χ0) is 27.1. The van der Waals surface area contributed by atoms with E-state index < -0.39 is 5.66 Å². The first kappa shape index (κ1) is 24.7. The Morgan fingerprint density at radius 3 is 2.72 bits per heavy atom. The number of amides is 2. The Balaban J connectivity index is 1.20. The quantitative estimate of drug-likeness (QED) is 0.517. The Labute approximate surface area is 230 Å². The molecule has 2 aliphatic carbocycles. The van der Waals surface area contributed by atoms with E-state index in [1.165, 1.54) is 16.8 Å². The zero-order valence-corrected chi connectivity index (χ0v) is 23.4. The van der Waals surface area contributed by atoms with Crippen LogP contribution in [0.1, 0.15) is 58.6 Å². The number of thiophene rings is 1. The smallest absolute Gasteiger partial charge is 0.276 e. The van der Waals surface area contributed by atoms with Crippen LogP contribution in [0.25, 0.3) is 10.2 Å². The second kappa shape index (κ2) is 8.85. The third-order valence-corrected chi connectivity index (χ3v) is 10.3. The van der Waals surface area contributed by atoms with Crippen molar-refractivity contribution in [2.24, 2.45) is 5.92 Å². The minimum Gasteiger partial charge on any atom is -0.339 e. The molecule has 1 saturated heterocycles. The van der Waals surface area contributed by atoms with Gasteiger partial charge in [0.1, 0.15) is 34.0 Å². The van der Waals surface area contributed by atoms with Gasteiger partial charge >= 0.3 is 0 Å². The number of aryl methyl sites for hydroxylation is 2. The zero-order valence-electron chi connectivity index (χ0n) is 22.5. The van der Waals surface area contributed by atoms with E-state index in [-0.39, 0.29) is 23.3 Å². The lowest BCUT2D eigenvalue weighted by molar-refractivity contribution is -0.142. The van der Waals surface area contributed by atoms with Gasteiger partial charge in [-0.1, -0.05) is 0 Å². The Morgan fingerprint density at radius 2 is 1.97 bits per heavy atom. The summed E-state index contributed by atoms with van der Waals surface area (Å²) in [6.45, 7) is 3.49. The van der Waals surface area contributed by atoms with Gasteiger partial charge in [0.25, 0.3) is 11.5 Å². The molecule has 0 bridgehead atoms. The summed E-state index contributed by atoms with van der Waals surface area (Å²) in [5.74, 6) is 0.684.